The summed E-state index contributed by atoms with van der Waals surface area (Å²) in [5, 5.41) is 10.7. The molecule has 1 aliphatic rings. The number of alkyl halides is 1. The van der Waals surface area contributed by atoms with E-state index in [0.29, 0.717) is 11.5 Å². The summed E-state index contributed by atoms with van der Waals surface area (Å²) < 4.78 is 33.6. The van der Waals surface area contributed by atoms with Gasteiger partial charge in [-0.15, -0.1) is 0 Å². The molecule has 9 heteroatoms. The van der Waals surface area contributed by atoms with Crippen molar-refractivity contribution in [3.05, 3.63) is 52.3 Å². The normalized spacial score (nSPS) is 20.9. The maximum atomic E-state index is 14.2. The topological polar surface area (TPSA) is 95.7 Å². The Morgan fingerprint density at radius 3 is 2.82 bits per heavy atom. The molecule has 148 valence electrons. The Bertz CT molecular complexity index is 997. The largest absolute Gasteiger partial charge is 0.375 e. The molecule has 3 N–H and O–H groups in total. The summed E-state index contributed by atoms with van der Waals surface area (Å²) in [4.78, 5) is 18.2. The number of anilines is 1. The van der Waals surface area contributed by atoms with Crippen molar-refractivity contribution in [2.75, 3.05) is 11.9 Å². The predicted molar refractivity (Wildman–Crippen MR) is 100 cm³/mol. The number of hydrogen-bond donors (Lipinski definition) is 3. The van der Waals surface area contributed by atoms with Crippen LogP contribution in [0.3, 0.4) is 0 Å². The van der Waals surface area contributed by atoms with Gasteiger partial charge in [-0.25, -0.2) is 13.6 Å². The molecule has 0 radical (unpaired) electrons. The summed E-state index contributed by atoms with van der Waals surface area (Å²) in [7, 11) is 0. The van der Waals surface area contributed by atoms with Crippen LogP contribution in [0.25, 0.3) is 11.0 Å². The number of aromatic amines is 2. The number of rotatable bonds is 6. The second-order valence-corrected chi connectivity index (χ2v) is 6.99. The molecule has 1 saturated carbocycles. The zero-order valence-electron chi connectivity index (χ0n) is 15.1. The zero-order valence-corrected chi connectivity index (χ0v) is 15.1. The Labute approximate surface area is 159 Å². The zero-order chi connectivity index (χ0) is 19.5. The average Bonchev–Trinajstić information content (AvgIpc) is 3.16. The van der Waals surface area contributed by atoms with Gasteiger partial charge in [-0.2, -0.15) is 10.1 Å². The monoisotopic (exact) mass is 389 g/mol. The van der Waals surface area contributed by atoms with Crippen LogP contribution in [0.1, 0.15) is 37.4 Å². The highest BCUT2D eigenvalue weighted by atomic mass is 19.1. The molecule has 0 bridgehead atoms. The van der Waals surface area contributed by atoms with Crippen LogP contribution in [0.2, 0.25) is 0 Å². The molecule has 0 saturated heterocycles. The molecule has 2 aromatic heterocycles. The minimum atomic E-state index is -1.48. The van der Waals surface area contributed by atoms with E-state index in [1.54, 1.807) is 12.3 Å². The lowest BCUT2D eigenvalue weighted by atomic mass is 9.93. The summed E-state index contributed by atoms with van der Waals surface area (Å²) in [6, 6.07) is 5.97. The number of ether oxygens (including phenoxy) is 1. The number of nitrogens with one attached hydrogen (secondary N) is 3. The van der Waals surface area contributed by atoms with Crippen molar-refractivity contribution in [1.29, 1.82) is 0 Å². The van der Waals surface area contributed by atoms with Gasteiger partial charge < -0.3 is 10.1 Å². The molecule has 1 unspecified atom stereocenters. The van der Waals surface area contributed by atoms with Crippen molar-refractivity contribution in [3.8, 4) is 0 Å². The Kier molecular flexibility index (Phi) is 5.34. The van der Waals surface area contributed by atoms with Crippen LogP contribution in [-0.2, 0) is 4.74 Å². The minimum absolute atomic E-state index is 0.0300. The number of aromatic nitrogens is 4. The predicted octanol–water partition coefficient (Wildman–Crippen LogP) is 3.24. The maximum absolute atomic E-state index is 14.2. The van der Waals surface area contributed by atoms with Crippen molar-refractivity contribution in [2.45, 2.75) is 44.0 Å². The quantitative estimate of drug-likeness (QED) is 0.602. The van der Waals surface area contributed by atoms with Gasteiger partial charge in [0.25, 0.3) is 0 Å². The number of benzene rings is 1. The van der Waals surface area contributed by atoms with Crippen LogP contribution in [0, 0.1) is 5.82 Å². The molecule has 7 nitrogen and oxygen atoms in total. The average molecular weight is 389 g/mol. The van der Waals surface area contributed by atoms with E-state index in [2.05, 4.69) is 25.5 Å². The molecular weight excluding hydrogens is 368 g/mol. The summed E-state index contributed by atoms with van der Waals surface area (Å²) >= 11 is 0. The summed E-state index contributed by atoms with van der Waals surface area (Å²) in [5.74, 6) is -0.0531. The first-order valence-corrected chi connectivity index (χ1v) is 9.30. The number of H-pyrrole nitrogens is 2. The van der Waals surface area contributed by atoms with E-state index >= 15 is 0 Å². The second-order valence-electron chi connectivity index (χ2n) is 6.99. The minimum Gasteiger partial charge on any atom is -0.375 e. The van der Waals surface area contributed by atoms with E-state index in [1.807, 2.05) is 0 Å². The summed E-state index contributed by atoms with van der Waals surface area (Å²) in [6.45, 7) is -0.158. The van der Waals surface area contributed by atoms with Gasteiger partial charge in [-0.3, -0.25) is 10.1 Å². The fraction of sp³-hybridized carbons (Fsp3) is 0.421. The molecule has 0 aliphatic heterocycles. The van der Waals surface area contributed by atoms with Crippen LogP contribution in [0.4, 0.5) is 14.6 Å². The van der Waals surface area contributed by atoms with Crippen LogP contribution >= 0.6 is 0 Å². The van der Waals surface area contributed by atoms with Crippen LogP contribution in [0.5, 0.6) is 0 Å². The van der Waals surface area contributed by atoms with E-state index in [0.717, 1.165) is 31.1 Å². The lowest BCUT2D eigenvalue weighted by molar-refractivity contribution is -0.00314. The SMILES string of the molecule is O=c1nc(NC2CCC(OCC(F)c3ccccc3F)CC2)c2cn[nH]c2[nH]1. The molecule has 0 spiro atoms. The van der Waals surface area contributed by atoms with Crippen molar-refractivity contribution >= 4 is 16.9 Å². The highest BCUT2D eigenvalue weighted by molar-refractivity contribution is 5.85. The van der Waals surface area contributed by atoms with Crippen LogP contribution in [-0.4, -0.2) is 38.9 Å². The highest BCUT2D eigenvalue weighted by Gasteiger charge is 2.24. The summed E-state index contributed by atoms with van der Waals surface area (Å²) in [5.41, 5.74) is 0.113. The van der Waals surface area contributed by atoms with Gasteiger partial charge in [-0.05, 0) is 31.7 Å². The Morgan fingerprint density at radius 1 is 1.25 bits per heavy atom. The van der Waals surface area contributed by atoms with E-state index in [1.165, 1.54) is 18.2 Å². The molecule has 28 heavy (non-hydrogen) atoms. The fourth-order valence-corrected chi connectivity index (χ4v) is 3.57. The number of fused-ring (bicyclic) bond motifs is 1. The number of nitrogens with zero attached hydrogens (tertiary/aromatic N) is 2. The molecule has 3 aromatic rings. The van der Waals surface area contributed by atoms with Gasteiger partial charge in [0.15, 0.2) is 6.17 Å². The van der Waals surface area contributed by atoms with E-state index < -0.39 is 17.7 Å². The lowest BCUT2D eigenvalue weighted by Gasteiger charge is -2.29. The molecular formula is C19H21F2N5O2. The van der Waals surface area contributed by atoms with E-state index in [9.17, 15) is 13.6 Å². The molecule has 2 heterocycles. The lowest BCUT2D eigenvalue weighted by Crippen LogP contribution is -2.31. The second kappa shape index (κ2) is 8.05. The first-order valence-electron chi connectivity index (χ1n) is 9.30. The molecule has 4 rings (SSSR count). The van der Waals surface area contributed by atoms with Gasteiger partial charge in [-0.1, -0.05) is 18.2 Å². The van der Waals surface area contributed by atoms with Gasteiger partial charge in [0.2, 0.25) is 0 Å². The highest BCUT2D eigenvalue weighted by Crippen LogP contribution is 2.27. The van der Waals surface area contributed by atoms with E-state index in [4.69, 9.17) is 4.74 Å². The van der Waals surface area contributed by atoms with Crippen LogP contribution < -0.4 is 11.0 Å². The third-order valence-electron chi connectivity index (χ3n) is 5.08. The fourth-order valence-electron chi connectivity index (χ4n) is 3.57. The molecule has 0 amide bonds. The third kappa shape index (κ3) is 4.04. The van der Waals surface area contributed by atoms with Gasteiger partial charge in [0.1, 0.15) is 17.3 Å². The van der Waals surface area contributed by atoms with Crippen molar-refractivity contribution < 1.29 is 13.5 Å². The first kappa shape index (κ1) is 18.5. The van der Waals surface area contributed by atoms with Gasteiger partial charge in [0.05, 0.1) is 24.3 Å². The number of halogens is 2. The Balaban J connectivity index is 1.29. The molecule has 1 aliphatic carbocycles. The van der Waals surface area contributed by atoms with Crippen molar-refractivity contribution in [3.63, 3.8) is 0 Å². The smallest absolute Gasteiger partial charge is 0.348 e. The van der Waals surface area contributed by atoms with Crippen molar-refractivity contribution in [2.24, 2.45) is 0 Å². The standard InChI is InChI=1S/C19H21F2N5O2/c20-15-4-2-1-3-13(15)16(21)10-28-12-7-5-11(6-8-12)23-17-14-9-22-26-18(14)25-19(27)24-17/h1-4,9,11-12,16H,5-8,10H2,(H3,22,23,24,25,26,27). The number of hydrogen-bond acceptors (Lipinski definition) is 5. The molecule has 1 fully saturated rings. The van der Waals surface area contributed by atoms with Crippen molar-refractivity contribution in [1.82, 2.24) is 20.2 Å². The molecule has 1 aromatic carbocycles. The van der Waals surface area contributed by atoms with E-state index in [-0.39, 0.29) is 24.3 Å². The summed E-state index contributed by atoms with van der Waals surface area (Å²) in [6.07, 6.45) is 3.17. The van der Waals surface area contributed by atoms with Crippen LogP contribution in [0.15, 0.2) is 35.3 Å². The third-order valence-corrected chi connectivity index (χ3v) is 5.08. The maximum Gasteiger partial charge on any atom is 0.348 e. The Hall–Kier alpha value is -2.81. The Morgan fingerprint density at radius 2 is 2.04 bits per heavy atom. The first-order chi connectivity index (χ1) is 13.6. The molecule has 1 atom stereocenters. The van der Waals surface area contributed by atoms with Gasteiger partial charge in [0, 0.05) is 11.6 Å². The van der Waals surface area contributed by atoms with Gasteiger partial charge >= 0.3 is 5.69 Å².